The molecule has 6 aliphatic rings. The molecular weight excluding hydrogens is 1050 g/mol. The van der Waals surface area contributed by atoms with E-state index in [1.165, 1.54) is 0 Å². The van der Waals surface area contributed by atoms with Crippen molar-refractivity contribution in [3.8, 4) is 0 Å². The number of carbonyl (C=O) groups is 3. The van der Waals surface area contributed by atoms with Gasteiger partial charge in [0.15, 0.2) is 36.2 Å². The van der Waals surface area contributed by atoms with Crippen molar-refractivity contribution < 1.29 is 133 Å². The quantitative estimate of drug-likeness (QED) is 0.0253. The summed E-state index contributed by atoms with van der Waals surface area (Å²) in [5.74, 6) is -12.6. The van der Waals surface area contributed by atoms with Crippen LogP contribution < -0.4 is 21.3 Å². The minimum Gasteiger partial charge on any atom is -0.396 e. The van der Waals surface area contributed by atoms with Gasteiger partial charge in [-0.3, -0.25) is 14.4 Å². The highest BCUT2D eigenvalue weighted by Gasteiger charge is 2.73. The predicted molar refractivity (Wildman–Crippen MR) is 255 cm³/mol. The Morgan fingerprint density at radius 2 is 0.705 bits per heavy atom. The van der Waals surface area contributed by atoms with Crippen LogP contribution in [-0.2, 0) is 71.2 Å². The van der Waals surface area contributed by atoms with E-state index in [0.29, 0.717) is 0 Å². The lowest BCUT2D eigenvalue weighted by Gasteiger charge is -2.49. The minimum absolute atomic E-state index is 0.000226. The third kappa shape index (κ3) is 15.1. The maximum Gasteiger partial charge on any atom is 0.222 e. The van der Waals surface area contributed by atoms with Crippen molar-refractivity contribution in [3.63, 3.8) is 0 Å². The number of amides is 3. The van der Waals surface area contributed by atoms with E-state index in [1.807, 2.05) is 0 Å². The van der Waals surface area contributed by atoms with Crippen LogP contribution in [0.15, 0.2) is 0 Å². The fourth-order valence-corrected chi connectivity index (χ4v) is 10.5. The van der Waals surface area contributed by atoms with Gasteiger partial charge in [-0.25, -0.2) is 0 Å². The first-order chi connectivity index (χ1) is 37.4. The molecule has 18 unspecified atom stereocenters. The lowest BCUT2D eigenvalue weighted by Crippen LogP contribution is -2.63. The van der Waals surface area contributed by atoms with Crippen molar-refractivity contribution in [1.29, 1.82) is 0 Å². The predicted octanol–water partition coefficient (Wildman–Crippen LogP) is -9.37. The number of rotatable bonds is 40. The summed E-state index contributed by atoms with van der Waals surface area (Å²) in [6, 6.07) is 0. The highest BCUT2D eigenvalue weighted by atomic mass is 16.8. The van der Waals surface area contributed by atoms with Crippen LogP contribution in [0.4, 0.5) is 0 Å². The summed E-state index contributed by atoms with van der Waals surface area (Å²) in [4.78, 5) is 37.7. The molecule has 0 aromatic carbocycles. The third-order valence-electron chi connectivity index (χ3n) is 15.1. The van der Waals surface area contributed by atoms with Crippen LogP contribution in [0.3, 0.4) is 0 Å². The Morgan fingerprint density at radius 3 is 0.962 bits per heavy atom. The van der Waals surface area contributed by atoms with Crippen LogP contribution in [0.1, 0.15) is 19.3 Å². The second-order valence-electron chi connectivity index (χ2n) is 20.0. The number of likely N-dealkylation sites (N-methyl/N-ethyl adjacent to an activating group) is 1. The molecule has 0 spiro atoms. The van der Waals surface area contributed by atoms with Gasteiger partial charge in [0.1, 0.15) is 0 Å². The van der Waals surface area contributed by atoms with Gasteiger partial charge in [0.05, 0.1) is 197 Å². The van der Waals surface area contributed by atoms with Crippen LogP contribution in [0.5, 0.6) is 0 Å². The monoisotopic (exact) mass is 1130 g/mol. The first-order valence-corrected chi connectivity index (χ1v) is 26.3. The van der Waals surface area contributed by atoms with E-state index in [1.54, 1.807) is 7.05 Å². The van der Waals surface area contributed by atoms with E-state index in [-0.39, 0.29) is 156 Å². The highest BCUT2D eigenvalue weighted by Crippen LogP contribution is 2.55. The van der Waals surface area contributed by atoms with Gasteiger partial charge in [0.2, 0.25) is 17.7 Å². The Morgan fingerprint density at radius 1 is 0.423 bits per heavy atom. The molecule has 18 atom stereocenters. The van der Waals surface area contributed by atoms with E-state index in [0.717, 1.165) is 0 Å². The summed E-state index contributed by atoms with van der Waals surface area (Å²) in [6.07, 6.45) is -11.1. The lowest BCUT2D eigenvalue weighted by atomic mass is 9.89. The Labute approximate surface area is 449 Å². The summed E-state index contributed by atoms with van der Waals surface area (Å²) < 4.78 is 66.6. The van der Waals surface area contributed by atoms with Crippen LogP contribution in [0, 0.1) is 35.5 Å². The molecule has 78 heavy (non-hydrogen) atoms. The zero-order chi connectivity index (χ0) is 56.7. The molecule has 6 fully saturated rings. The van der Waals surface area contributed by atoms with Gasteiger partial charge in [0.25, 0.3) is 0 Å². The summed E-state index contributed by atoms with van der Waals surface area (Å²) in [6.45, 7) is -0.404. The Kier molecular flexibility index (Phi) is 24.9. The average molecular weight is 1140 g/mol. The molecule has 3 aliphatic carbocycles. The first kappa shape index (κ1) is 64.6. The summed E-state index contributed by atoms with van der Waals surface area (Å²) in [5, 5.41) is 132. The van der Waals surface area contributed by atoms with Gasteiger partial charge >= 0.3 is 0 Å². The van der Waals surface area contributed by atoms with Crippen LogP contribution in [0.2, 0.25) is 0 Å². The molecule has 6 rings (SSSR count). The minimum atomic E-state index is -1.88. The molecule has 0 bridgehead atoms. The molecule has 31 heteroatoms. The Hall–Kier alpha value is -2.59. The second-order valence-corrected chi connectivity index (χ2v) is 20.0. The number of hydrogen-bond donors (Lipinski definition) is 16. The van der Waals surface area contributed by atoms with Gasteiger partial charge < -0.3 is 139 Å². The first-order valence-electron chi connectivity index (χ1n) is 26.3. The maximum absolute atomic E-state index is 12.6. The van der Waals surface area contributed by atoms with Crippen molar-refractivity contribution in [2.24, 2.45) is 35.5 Å². The van der Waals surface area contributed by atoms with Gasteiger partial charge in [-0.05, 0) is 7.05 Å². The van der Waals surface area contributed by atoms with Crippen molar-refractivity contribution in [3.05, 3.63) is 0 Å². The standard InChI is InChI=1S/C47H82N4O27/c1-48-44(23-70-8-2-29(55)49-5-11-67-14-17-73-41-32-38(61)35(58)26(20-52)45(32,64)76-41,24-71-9-3-30(56)50-6-12-68-15-18-74-42-33-39(62)36(59)27(21-53)46(33,65)77-42)25-72-10-4-31(57)51-7-13-69-16-19-75-43-34-40(63)37(60)28(22-54)47(34,66)78-43/h26-28,32-43,48,52-54,58-66H,2-25H2,1H3,(H,49,55)(H,50,56)(H,51,57). The smallest absolute Gasteiger partial charge is 0.222 e. The fourth-order valence-electron chi connectivity index (χ4n) is 10.5. The summed E-state index contributed by atoms with van der Waals surface area (Å²) >= 11 is 0. The third-order valence-corrected chi connectivity index (χ3v) is 15.1. The maximum atomic E-state index is 12.6. The second kappa shape index (κ2) is 30.1. The molecule has 452 valence electrons. The van der Waals surface area contributed by atoms with Crippen molar-refractivity contribution in [2.45, 2.75) is 97.7 Å². The van der Waals surface area contributed by atoms with Crippen molar-refractivity contribution in [1.82, 2.24) is 21.3 Å². The largest absolute Gasteiger partial charge is 0.396 e. The molecule has 16 N–H and O–H groups in total. The van der Waals surface area contributed by atoms with Gasteiger partial charge in [-0.1, -0.05) is 0 Å². The number of hydrogen-bond acceptors (Lipinski definition) is 28. The van der Waals surface area contributed by atoms with Gasteiger partial charge in [-0.15, -0.1) is 0 Å². The molecule has 31 nitrogen and oxygen atoms in total. The molecule has 3 aliphatic heterocycles. The van der Waals surface area contributed by atoms with Gasteiger partial charge in [-0.2, -0.15) is 0 Å². The molecular formula is C47H82N4O27. The van der Waals surface area contributed by atoms with E-state index in [4.69, 9.17) is 56.8 Å². The van der Waals surface area contributed by atoms with E-state index in [2.05, 4.69) is 21.3 Å². The van der Waals surface area contributed by atoms with Crippen LogP contribution >= 0.6 is 0 Å². The van der Waals surface area contributed by atoms with E-state index in [9.17, 15) is 75.7 Å². The molecule has 3 heterocycles. The lowest BCUT2D eigenvalue weighted by molar-refractivity contribution is -0.439. The van der Waals surface area contributed by atoms with Crippen molar-refractivity contribution in [2.75, 3.05) is 146 Å². The zero-order valence-corrected chi connectivity index (χ0v) is 43.6. The SMILES string of the molecule is CNC(COCCC(=O)NCCOCCOC1OC2(O)C(CO)C(O)C(O)C12)(COCCC(=O)NCCOCCOC1OC2(O)C(CO)C(O)C(O)C12)COCCC(=O)NCCOCCOC1OC2(O)C(CO)C(O)C(O)C12. The number of carbonyl (C=O) groups excluding carboxylic acids is 3. The highest BCUT2D eigenvalue weighted by molar-refractivity contribution is 5.76. The number of ether oxygens (including phenoxy) is 12. The normalized spacial score (nSPS) is 37.1. The number of fused-ring (bicyclic) bond motifs is 3. The number of nitrogens with one attached hydrogen (secondary N) is 4. The number of aliphatic hydroxyl groups is 12. The Balaban J connectivity index is 0.822. The Bertz CT molecular complexity index is 1660. The van der Waals surface area contributed by atoms with Crippen LogP contribution in [0.25, 0.3) is 0 Å². The molecule has 3 saturated carbocycles. The molecule has 0 aromatic heterocycles. The molecule has 3 saturated heterocycles. The fraction of sp³-hybridized carbons (Fsp3) is 0.936. The summed E-state index contributed by atoms with van der Waals surface area (Å²) in [5.41, 5.74) is -0.983. The molecule has 3 amide bonds. The molecule has 0 radical (unpaired) electrons. The topological polar surface area (TPSA) is 453 Å². The summed E-state index contributed by atoms with van der Waals surface area (Å²) in [7, 11) is 1.65. The zero-order valence-electron chi connectivity index (χ0n) is 43.6. The van der Waals surface area contributed by atoms with E-state index >= 15 is 0 Å². The van der Waals surface area contributed by atoms with E-state index < -0.39 is 134 Å². The van der Waals surface area contributed by atoms with Crippen molar-refractivity contribution >= 4 is 17.7 Å². The molecule has 0 aromatic rings. The van der Waals surface area contributed by atoms with Gasteiger partial charge in [0, 0.05) is 38.9 Å². The average Bonchev–Trinajstić information content (AvgIpc) is 3.98. The van der Waals surface area contributed by atoms with Crippen LogP contribution in [-0.4, -0.2) is 303 Å². The number of aliphatic hydroxyl groups excluding tert-OH is 9.